The molecule has 0 heterocycles. The summed E-state index contributed by atoms with van der Waals surface area (Å²) in [5, 5.41) is 3.92. The SMILES string of the molecule is CNC(C)c1ccc(N(C)Cc2ccc(F)cc2)c(Cl)c1. The number of rotatable bonds is 5. The first kappa shape index (κ1) is 15.8. The van der Waals surface area contributed by atoms with E-state index in [0.717, 1.165) is 21.8 Å². The Kier molecular flexibility index (Phi) is 5.21. The third kappa shape index (κ3) is 3.96. The Labute approximate surface area is 130 Å². The van der Waals surface area contributed by atoms with Gasteiger partial charge in [0.1, 0.15) is 5.82 Å². The first-order chi connectivity index (χ1) is 10.0. The van der Waals surface area contributed by atoms with E-state index in [2.05, 4.69) is 23.2 Å². The Morgan fingerprint density at radius 2 is 1.86 bits per heavy atom. The van der Waals surface area contributed by atoms with Gasteiger partial charge >= 0.3 is 0 Å². The third-order valence-corrected chi connectivity index (χ3v) is 3.95. The molecule has 112 valence electrons. The molecule has 21 heavy (non-hydrogen) atoms. The fourth-order valence-corrected chi connectivity index (χ4v) is 2.55. The average Bonchev–Trinajstić information content (AvgIpc) is 2.48. The van der Waals surface area contributed by atoms with E-state index >= 15 is 0 Å². The van der Waals surface area contributed by atoms with E-state index in [1.54, 1.807) is 12.1 Å². The summed E-state index contributed by atoms with van der Waals surface area (Å²) in [5.74, 6) is -0.218. The molecular weight excluding hydrogens is 287 g/mol. The van der Waals surface area contributed by atoms with Crippen LogP contribution in [0.1, 0.15) is 24.1 Å². The molecule has 0 aliphatic rings. The van der Waals surface area contributed by atoms with E-state index in [0.29, 0.717) is 6.54 Å². The number of hydrogen-bond donors (Lipinski definition) is 1. The second-order valence-electron chi connectivity index (χ2n) is 5.20. The highest BCUT2D eigenvalue weighted by Gasteiger charge is 2.10. The molecule has 0 spiro atoms. The Morgan fingerprint density at radius 1 is 1.19 bits per heavy atom. The van der Waals surface area contributed by atoms with Crippen LogP contribution in [-0.2, 0) is 6.54 Å². The van der Waals surface area contributed by atoms with Crippen LogP contribution < -0.4 is 10.2 Å². The molecule has 0 aliphatic heterocycles. The van der Waals surface area contributed by atoms with Crippen molar-refractivity contribution in [2.75, 3.05) is 19.0 Å². The fraction of sp³-hybridized carbons (Fsp3) is 0.294. The van der Waals surface area contributed by atoms with Gasteiger partial charge in [0.15, 0.2) is 0 Å². The summed E-state index contributed by atoms with van der Waals surface area (Å²) in [6.07, 6.45) is 0. The number of halogens is 2. The van der Waals surface area contributed by atoms with Crippen LogP contribution in [0, 0.1) is 5.82 Å². The van der Waals surface area contributed by atoms with Gasteiger partial charge in [-0.25, -0.2) is 4.39 Å². The Hall–Kier alpha value is -1.58. The lowest BCUT2D eigenvalue weighted by Crippen LogP contribution is -2.17. The van der Waals surface area contributed by atoms with E-state index in [-0.39, 0.29) is 11.9 Å². The van der Waals surface area contributed by atoms with Crippen LogP contribution in [-0.4, -0.2) is 14.1 Å². The lowest BCUT2D eigenvalue weighted by Gasteiger charge is -2.22. The second-order valence-corrected chi connectivity index (χ2v) is 5.61. The van der Waals surface area contributed by atoms with Crippen LogP contribution in [0.15, 0.2) is 42.5 Å². The van der Waals surface area contributed by atoms with Gasteiger partial charge in [-0.05, 0) is 49.4 Å². The van der Waals surface area contributed by atoms with Crippen molar-refractivity contribution in [2.45, 2.75) is 19.5 Å². The second kappa shape index (κ2) is 6.92. The number of hydrogen-bond acceptors (Lipinski definition) is 2. The van der Waals surface area contributed by atoms with Gasteiger partial charge in [-0.3, -0.25) is 0 Å². The predicted molar refractivity (Wildman–Crippen MR) is 87.4 cm³/mol. The van der Waals surface area contributed by atoms with Crippen LogP contribution >= 0.6 is 11.6 Å². The van der Waals surface area contributed by atoms with Gasteiger partial charge in [-0.1, -0.05) is 29.8 Å². The number of anilines is 1. The van der Waals surface area contributed by atoms with E-state index in [1.165, 1.54) is 12.1 Å². The Balaban J connectivity index is 2.15. The highest BCUT2D eigenvalue weighted by Crippen LogP contribution is 2.29. The van der Waals surface area contributed by atoms with E-state index in [9.17, 15) is 4.39 Å². The first-order valence-electron chi connectivity index (χ1n) is 6.93. The van der Waals surface area contributed by atoms with Gasteiger partial charge in [-0.15, -0.1) is 0 Å². The van der Waals surface area contributed by atoms with Crippen molar-refractivity contribution in [2.24, 2.45) is 0 Å². The Morgan fingerprint density at radius 3 is 2.43 bits per heavy atom. The van der Waals surface area contributed by atoms with Crippen LogP contribution in [0.2, 0.25) is 5.02 Å². The number of nitrogens with zero attached hydrogens (tertiary/aromatic N) is 1. The summed E-state index contributed by atoms with van der Waals surface area (Å²) in [6, 6.07) is 12.9. The quantitative estimate of drug-likeness (QED) is 0.881. The van der Waals surface area contributed by atoms with E-state index < -0.39 is 0 Å². The zero-order chi connectivity index (χ0) is 15.4. The lowest BCUT2D eigenvalue weighted by molar-refractivity contribution is 0.627. The number of nitrogens with one attached hydrogen (secondary N) is 1. The monoisotopic (exact) mass is 306 g/mol. The summed E-state index contributed by atoms with van der Waals surface area (Å²) < 4.78 is 12.9. The van der Waals surface area contributed by atoms with Gasteiger partial charge in [0, 0.05) is 19.6 Å². The van der Waals surface area contributed by atoms with Crippen molar-refractivity contribution < 1.29 is 4.39 Å². The molecule has 2 nitrogen and oxygen atoms in total. The molecular formula is C17H20ClFN2. The van der Waals surface area contributed by atoms with Crippen LogP contribution in [0.25, 0.3) is 0 Å². The van der Waals surface area contributed by atoms with Crippen molar-refractivity contribution >= 4 is 17.3 Å². The highest BCUT2D eigenvalue weighted by molar-refractivity contribution is 6.33. The van der Waals surface area contributed by atoms with Gasteiger partial charge in [0.25, 0.3) is 0 Å². The van der Waals surface area contributed by atoms with Gasteiger partial charge in [-0.2, -0.15) is 0 Å². The van der Waals surface area contributed by atoms with E-state index in [1.807, 2.05) is 26.2 Å². The minimum absolute atomic E-state index is 0.218. The topological polar surface area (TPSA) is 15.3 Å². The fourth-order valence-electron chi connectivity index (χ4n) is 2.22. The summed E-state index contributed by atoms with van der Waals surface area (Å²) in [4.78, 5) is 2.06. The molecule has 2 rings (SSSR count). The molecule has 2 aromatic rings. The molecule has 0 fully saturated rings. The number of benzene rings is 2. The zero-order valence-corrected chi connectivity index (χ0v) is 13.3. The molecule has 0 aliphatic carbocycles. The molecule has 2 aromatic carbocycles. The molecule has 0 saturated carbocycles. The molecule has 1 atom stereocenters. The van der Waals surface area contributed by atoms with Crippen molar-refractivity contribution in [3.63, 3.8) is 0 Å². The smallest absolute Gasteiger partial charge is 0.123 e. The highest BCUT2D eigenvalue weighted by atomic mass is 35.5. The summed E-state index contributed by atoms with van der Waals surface area (Å²) in [7, 11) is 3.90. The Bertz CT molecular complexity index is 598. The molecule has 1 unspecified atom stereocenters. The van der Waals surface area contributed by atoms with Crippen molar-refractivity contribution in [1.82, 2.24) is 5.32 Å². The molecule has 0 bridgehead atoms. The molecule has 0 radical (unpaired) electrons. The summed E-state index contributed by atoms with van der Waals surface area (Å²) >= 11 is 6.39. The standard InChI is InChI=1S/C17H20ClFN2/c1-12(20-2)14-6-9-17(16(18)10-14)21(3)11-13-4-7-15(19)8-5-13/h4-10,12,20H,11H2,1-3H3. The van der Waals surface area contributed by atoms with Crippen molar-refractivity contribution in [3.05, 3.63) is 64.4 Å². The van der Waals surface area contributed by atoms with Crippen molar-refractivity contribution in [1.29, 1.82) is 0 Å². The molecule has 0 amide bonds. The molecule has 0 saturated heterocycles. The van der Waals surface area contributed by atoms with Crippen molar-refractivity contribution in [3.8, 4) is 0 Å². The average molecular weight is 307 g/mol. The molecule has 4 heteroatoms. The van der Waals surface area contributed by atoms with Crippen LogP contribution in [0.5, 0.6) is 0 Å². The lowest BCUT2D eigenvalue weighted by atomic mass is 10.1. The zero-order valence-electron chi connectivity index (χ0n) is 12.5. The maximum absolute atomic E-state index is 12.9. The van der Waals surface area contributed by atoms with E-state index in [4.69, 9.17) is 11.6 Å². The third-order valence-electron chi connectivity index (χ3n) is 3.65. The first-order valence-corrected chi connectivity index (χ1v) is 7.31. The minimum atomic E-state index is -0.218. The summed E-state index contributed by atoms with van der Waals surface area (Å²) in [5.41, 5.74) is 3.16. The molecule has 0 aromatic heterocycles. The maximum atomic E-state index is 12.9. The van der Waals surface area contributed by atoms with Gasteiger partial charge < -0.3 is 10.2 Å². The van der Waals surface area contributed by atoms with Gasteiger partial charge in [0.05, 0.1) is 10.7 Å². The maximum Gasteiger partial charge on any atom is 0.123 e. The normalized spacial score (nSPS) is 12.2. The predicted octanol–water partition coefficient (Wildman–Crippen LogP) is 4.40. The molecule has 1 N–H and O–H groups in total. The summed E-state index contributed by atoms with van der Waals surface area (Å²) in [6.45, 7) is 2.77. The van der Waals surface area contributed by atoms with Crippen LogP contribution in [0.4, 0.5) is 10.1 Å². The largest absolute Gasteiger partial charge is 0.369 e. The van der Waals surface area contributed by atoms with Gasteiger partial charge in [0.2, 0.25) is 0 Å². The minimum Gasteiger partial charge on any atom is -0.369 e. The van der Waals surface area contributed by atoms with Crippen LogP contribution in [0.3, 0.4) is 0 Å².